The molecule has 0 radical (unpaired) electrons. The van der Waals surface area contributed by atoms with Crippen LogP contribution in [0, 0.1) is 28.6 Å². The number of aliphatic hydroxyl groups is 1. The Morgan fingerprint density at radius 3 is 2.68 bits per heavy atom. The molecule has 3 saturated carbocycles. The van der Waals surface area contributed by atoms with Crippen LogP contribution in [0.3, 0.4) is 0 Å². The SMILES string of the molecule is C[C@]12CCC(=O)C=C1CC[C@H]1[C@@H]3CCC(=O)[C@]3(CO)CC[C@@H]12. The molecule has 3 heteroatoms. The van der Waals surface area contributed by atoms with E-state index in [1.165, 1.54) is 5.57 Å². The molecule has 0 unspecified atom stereocenters. The van der Waals surface area contributed by atoms with Crippen molar-refractivity contribution >= 4 is 11.6 Å². The Morgan fingerprint density at radius 2 is 1.91 bits per heavy atom. The van der Waals surface area contributed by atoms with Crippen LogP contribution in [0.2, 0.25) is 0 Å². The van der Waals surface area contributed by atoms with E-state index in [9.17, 15) is 14.7 Å². The van der Waals surface area contributed by atoms with Crippen LogP contribution in [-0.2, 0) is 9.59 Å². The number of hydrogen-bond acceptors (Lipinski definition) is 3. The third-order valence-electron chi connectivity index (χ3n) is 7.69. The van der Waals surface area contributed by atoms with Gasteiger partial charge in [-0.05, 0) is 67.8 Å². The van der Waals surface area contributed by atoms with Gasteiger partial charge in [-0.2, -0.15) is 0 Å². The highest BCUT2D eigenvalue weighted by atomic mass is 16.3. The maximum Gasteiger partial charge on any atom is 0.155 e. The molecular weight excluding hydrogens is 276 g/mol. The molecule has 4 aliphatic rings. The second-order valence-electron chi connectivity index (χ2n) is 8.28. The highest BCUT2D eigenvalue weighted by Crippen LogP contribution is 2.64. The molecule has 0 spiro atoms. The van der Waals surface area contributed by atoms with Crippen molar-refractivity contribution in [1.82, 2.24) is 0 Å². The maximum absolute atomic E-state index is 12.4. The lowest BCUT2D eigenvalue weighted by molar-refractivity contribution is -0.138. The quantitative estimate of drug-likeness (QED) is 0.810. The zero-order valence-electron chi connectivity index (χ0n) is 13.4. The largest absolute Gasteiger partial charge is 0.395 e. The summed E-state index contributed by atoms with van der Waals surface area (Å²) in [5.74, 6) is 2.13. The van der Waals surface area contributed by atoms with Crippen LogP contribution < -0.4 is 0 Å². The standard InChI is InChI=1S/C19H26O3/c1-18-8-6-13(21)10-12(18)2-3-14-15(18)7-9-19(11-20)16(14)4-5-17(19)22/h10,14-16,20H,2-9,11H2,1H3/t14-,15+,16+,18+,19+/m1/s1. The molecule has 120 valence electrons. The summed E-state index contributed by atoms with van der Waals surface area (Å²) in [7, 11) is 0. The average molecular weight is 302 g/mol. The van der Waals surface area contributed by atoms with E-state index in [-0.39, 0.29) is 12.0 Å². The molecule has 0 aromatic heterocycles. The number of aliphatic hydroxyl groups excluding tert-OH is 1. The van der Waals surface area contributed by atoms with E-state index in [4.69, 9.17) is 0 Å². The van der Waals surface area contributed by atoms with Gasteiger partial charge in [0.25, 0.3) is 0 Å². The summed E-state index contributed by atoms with van der Waals surface area (Å²) >= 11 is 0. The monoisotopic (exact) mass is 302 g/mol. The van der Waals surface area contributed by atoms with Gasteiger partial charge in [0, 0.05) is 12.8 Å². The Hall–Kier alpha value is -0.960. The zero-order chi connectivity index (χ0) is 15.5. The first-order valence-electron chi connectivity index (χ1n) is 8.89. The van der Waals surface area contributed by atoms with Gasteiger partial charge in [0.15, 0.2) is 5.78 Å². The van der Waals surface area contributed by atoms with Gasteiger partial charge in [0.05, 0.1) is 12.0 Å². The number of allylic oxidation sites excluding steroid dienone is 1. The second kappa shape index (κ2) is 4.77. The molecule has 1 N–H and O–H groups in total. The van der Waals surface area contributed by atoms with E-state index in [0.717, 1.165) is 38.5 Å². The highest BCUT2D eigenvalue weighted by Gasteiger charge is 2.60. The number of carbonyl (C=O) groups is 2. The molecule has 4 rings (SSSR count). The van der Waals surface area contributed by atoms with Crippen LogP contribution in [0.25, 0.3) is 0 Å². The Bertz CT molecular complexity index is 563. The van der Waals surface area contributed by atoms with E-state index >= 15 is 0 Å². The van der Waals surface area contributed by atoms with Crippen LogP contribution in [0.1, 0.15) is 58.3 Å². The lowest BCUT2D eigenvalue weighted by Crippen LogP contribution is -2.52. The summed E-state index contributed by atoms with van der Waals surface area (Å²) in [5.41, 5.74) is 1.10. The average Bonchev–Trinajstić information content (AvgIpc) is 2.86. The van der Waals surface area contributed by atoms with Crippen LogP contribution in [0.4, 0.5) is 0 Å². The van der Waals surface area contributed by atoms with Gasteiger partial charge in [0.2, 0.25) is 0 Å². The zero-order valence-corrected chi connectivity index (χ0v) is 13.4. The molecule has 3 nitrogen and oxygen atoms in total. The first-order chi connectivity index (χ1) is 10.5. The first kappa shape index (κ1) is 14.6. The van der Waals surface area contributed by atoms with Crippen molar-refractivity contribution in [2.45, 2.75) is 58.3 Å². The van der Waals surface area contributed by atoms with Gasteiger partial charge < -0.3 is 5.11 Å². The first-order valence-corrected chi connectivity index (χ1v) is 8.89. The predicted molar refractivity (Wildman–Crippen MR) is 83.1 cm³/mol. The van der Waals surface area contributed by atoms with E-state index in [0.29, 0.717) is 42.2 Å². The summed E-state index contributed by atoms with van der Waals surface area (Å²) < 4.78 is 0. The van der Waals surface area contributed by atoms with Crippen LogP contribution in [0.15, 0.2) is 11.6 Å². The van der Waals surface area contributed by atoms with Crippen molar-refractivity contribution in [1.29, 1.82) is 0 Å². The summed E-state index contributed by atoms with van der Waals surface area (Å²) in [6.07, 6.45) is 9.20. The van der Waals surface area contributed by atoms with Gasteiger partial charge in [0.1, 0.15) is 5.78 Å². The Labute approximate surface area is 132 Å². The number of fused-ring (bicyclic) bond motifs is 5. The lowest BCUT2D eigenvalue weighted by atomic mass is 9.47. The molecular formula is C19H26O3. The number of rotatable bonds is 1. The number of Topliss-reactive ketones (excluding diaryl/α,β-unsaturated/α-hetero) is 1. The highest BCUT2D eigenvalue weighted by molar-refractivity contribution is 5.91. The number of ketones is 2. The van der Waals surface area contributed by atoms with Gasteiger partial charge in [-0.15, -0.1) is 0 Å². The fourth-order valence-electron chi connectivity index (χ4n) is 6.43. The number of carbonyl (C=O) groups excluding carboxylic acids is 2. The minimum atomic E-state index is -0.427. The molecule has 3 fully saturated rings. The molecule has 4 aliphatic carbocycles. The van der Waals surface area contributed by atoms with Gasteiger partial charge in [-0.1, -0.05) is 12.5 Å². The van der Waals surface area contributed by atoms with E-state index in [1.807, 2.05) is 6.08 Å². The minimum Gasteiger partial charge on any atom is -0.395 e. The summed E-state index contributed by atoms with van der Waals surface area (Å²) in [5, 5.41) is 9.97. The topological polar surface area (TPSA) is 54.4 Å². The van der Waals surface area contributed by atoms with Crippen molar-refractivity contribution in [3.8, 4) is 0 Å². The third-order valence-corrected chi connectivity index (χ3v) is 7.69. The second-order valence-corrected chi connectivity index (χ2v) is 8.28. The molecule has 0 heterocycles. The molecule has 0 aromatic rings. The molecule has 22 heavy (non-hydrogen) atoms. The molecule has 0 saturated heterocycles. The molecule has 0 amide bonds. The van der Waals surface area contributed by atoms with Crippen LogP contribution in [-0.4, -0.2) is 23.3 Å². The summed E-state index contributed by atoms with van der Waals surface area (Å²) in [6, 6.07) is 0. The van der Waals surface area contributed by atoms with E-state index in [1.54, 1.807) is 0 Å². The summed E-state index contributed by atoms with van der Waals surface area (Å²) in [4.78, 5) is 24.2. The molecule has 5 atom stereocenters. The summed E-state index contributed by atoms with van der Waals surface area (Å²) in [6.45, 7) is 2.39. The number of hydrogen-bond donors (Lipinski definition) is 1. The van der Waals surface area contributed by atoms with Crippen molar-refractivity contribution in [2.75, 3.05) is 6.61 Å². The van der Waals surface area contributed by atoms with Crippen molar-refractivity contribution < 1.29 is 14.7 Å². The Kier molecular flexibility index (Phi) is 3.17. The van der Waals surface area contributed by atoms with E-state index < -0.39 is 5.41 Å². The van der Waals surface area contributed by atoms with Crippen molar-refractivity contribution in [2.24, 2.45) is 28.6 Å². The fourth-order valence-corrected chi connectivity index (χ4v) is 6.43. The van der Waals surface area contributed by atoms with Gasteiger partial charge in [-0.25, -0.2) is 0 Å². The smallest absolute Gasteiger partial charge is 0.155 e. The van der Waals surface area contributed by atoms with Crippen LogP contribution >= 0.6 is 0 Å². The van der Waals surface area contributed by atoms with Crippen molar-refractivity contribution in [3.63, 3.8) is 0 Å². The Morgan fingerprint density at radius 1 is 1.09 bits per heavy atom. The Balaban J connectivity index is 1.70. The van der Waals surface area contributed by atoms with Crippen LogP contribution in [0.5, 0.6) is 0 Å². The fraction of sp³-hybridized carbons (Fsp3) is 0.789. The van der Waals surface area contributed by atoms with E-state index in [2.05, 4.69) is 6.92 Å². The van der Waals surface area contributed by atoms with Crippen molar-refractivity contribution in [3.05, 3.63) is 11.6 Å². The van der Waals surface area contributed by atoms with Gasteiger partial charge in [-0.3, -0.25) is 9.59 Å². The third kappa shape index (κ3) is 1.72. The molecule has 0 aliphatic heterocycles. The minimum absolute atomic E-state index is 0.0393. The molecule has 0 bridgehead atoms. The van der Waals surface area contributed by atoms with Gasteiger partial charge >= 0.3 is 0 Å². The predicted octanol–water partition coefficient (Wildman–Crippen LogP) is 3.06. The maximum atomic E-state index is 12.4. The normalized spacial score (nSPS) is 47.5. The molecule has 0 aromatic carbocycles. The lowest BCUT2D eigenvalue weighted by Gasteiger charge is -2.57.